The van der Waals surface area contributed by atoms with Crippen LogP contribution in [0.5, 0.6) is 0 Å². The minimum atomic E-state index is -0.523. The molecule has 1 amide bonds. The fourth-order valence-corrected chi connectivity index (χ4v) is 2.41. The zero-order chi connectivity index (χ0) is 12.3. The van der Waals surface area contributed by atoms with Crippen LogP contribution in [0.4, 0.5) is 5.69 Å². The van der Waals surface area contributed by atoms with Crippen molar-refractivity contribution in [3.8, 4) is 0 Å². The Kier molecular flexibility index (Phi) is 3.33. The first-order valence-electron chi connectivity index (χ1n) is 5.97. The van der Waals surface area contributed by atoms with Crippen molar-refractivity contribution < 1.29 is 4.79 Å². The number of nitrogens with zero attached hydrogens (tertiary/aromatic N) is 1. The van der Waals surface area contributed by atoms with Crippen molar-refractivity contribution in [2.45, 2.75) is 18.4 Å². The van der Waals surface area contributed by atoms with E-state index in [4.69, 9.17) is 5.73 Å². The van der Waals surface area contributed by atoms with Gasteiger partial charge in [-0.1, -0.05) is 18.2 Å². The molecule has 0 atom stereocenters. The van der Waals surface area contributed by atoms with Gasteiger partial charge in [0.25, 0.3) is 0 Å². The van der Waals surface area contributed by atoms with E-state index in [9.17, 15) is 4.79 Å². The summed E-state index contributed by atoms with van der Waals surface area (Å²) < 4.78 is 0. The first kappa shape index (κ1) is 11.9. The molecule has 1 heterocycles. The maximum atomic E-state index is 11.5. The molecule has 0 radical (unpaired) electrons. The highest BCUT2D eigenvalue weighted by molar-refractivity contribution is 5.85. The average molecular weight is 233 g/mol. The molecule has 0 bridgehead atoms. The lowest BCUT2D eigenvalue weighted by atomic mass is 9.86. The number of amides is 1. The van der Waals surface area contributed by atoms with Crippen molar-refractivity contribution in [3.63, 3.8) is 0 Å². The number of primary amides is 1. The van der Waals surface area contributed by atoms with Crippen molar-refractivity contribution in [1.29, 1.82) is 0 Å². The molecule has 0 aliphatic carbocycles. The molecular formula is C13H19N3O. The maximum absolute atomic E-state index is 11.5. The smallest absolute Gasteiger partial charge is 0.237 e. The number of likely N-dealkylation sites (N-methyl/N-ethyl adjacent to an activating group) is 1. The third kappa shape index (κ3) is 2.26. The number of hydrogen-bond acceptors (Lipinski definition) is 3. The Morgan fingerprint density at radius 2 is 1.88 bits per heavy atom. The lowest BCUT2D eigenvalue weighted by Crippen LogP contribution is -2.59. The Hall–Kier alpha value is -1.55. The van der Waals surface area contributed by atoms with Gasteiger partial charge in [-0.05, 0) is 32.0 Å². The molecule has 1 aromatic rings. The van der Waals surface area contributed by atoms with Crippen molar-refractivity contribution in [1.82, 2.24) is 5.32 Å². The quantitative estimate of drug-likeness (QED) is 0.809. The SMILES string of the molecule is CNC1(C(N)=O)CCN(c2ccccc2)CC1. The molecule has 4 heteroatoms. The van der Waals surface area contributed by atoms with Gasteiger partial charge in [-0.25, -0.2) is 0 Å². The second kappa shape index (κ2) is 4.75. The minimum Gasteiger partial charge on any atom is -0.371 e. The summed E-state index contributed by atoms with van der Waals surface area (Å²) in [4.78, 5) is 13.8. The number of rotatable bonds is 3. The predicted molar refractivity (Wildman–Crippen MR) is 68.9 cm³/mol. The van der Waals surface area contributed by atoms with Gasteiger partial charge in [0.15, 0.2) is 0 Å². The molecule has 1 fully saturated rings. The Morgan fingerprint density at radius 3 is 2.35 bits per heavy atom. The molecule has 4 nitrogen and oxygen atoms in total. The number of para-hydroxylation sites is 1. The zero-order valence-corrected chi connectivity index (χ0v) is 10.1. The molecule has 0 spiro atoms. The molecule has 17 heavy (non-hydrogen) atoms. The minimum absolute atomic E-state index is 0.243. The molecule has 0 unspecified atom stereocenters. The van der Waals surface area contributed by atoms with Gasteiger partial charge in [0.05, 0.1) is 0 Å². The highest BCUT2D eigenvalue weighted by atomic mass is 16.1. The van der Waals surface area contributed by atoms with Crippen LogP contribution in [0.1, 0.15) is 12.8 Å². The first-order valence-corrected chi connectivity index (χ1v) is 5.97. The Morgan fingerprint density at radius 1 is 1.29 bits per heavy atom. The van der Waals surface area contributed by atoms with E-state index in [-0.39, 0.29) is 5.91 Å². The van der Waals surface area contributed by atoms with E-state index in [2.05, 4.69) is 22.3 Å². The molecule has 1 aliphatic rings. The second-order valence-electron chi connectivity index (χ2n) is 4.52. The zero-order valence-electron chi connectivity index (χ0n) is 10.1. The van der Waals surface area contributed by atoms with Gasteiger partial charge in [0, 0.05) is 18.8 Å². The fourth-order valence-electron chi connectivity index (χ4n) is 2.41. The van der Waals surface area contributed by atoms with Gasteiger partial charge >= 0.3 is 0 Å². The average Bonchev–Trinajstić information content (AvgIpc) is 2.39. The molecule has 2 rings (SSSR count). The van der Waals surface area contributed by atoms with Gasteiger partial charge < -0.3 is 16.0 Å². The van der Waals surface area contributed by atoms with E-state index in [1.165, 1.54) is 5.69 Å². The number of nitrogens with two attached hydrogens (primary N) is 1. The number of anilines is 1. The highest BCUT2D eigenvalue weighted by Gasteiger charge is 2.38. The van der Waals surface area contributed by atoms with Crippen molar-refractivity contribution >= 4 is 11.6 Å². The van der Waals surface area contributed by atoms with E-state index in [1.54, 1.807) is 0 Å². The molecule has 0 saturated carbocycles. The fraction of sp³-hybridized carbons (Fsp3) is 0.462. The monoisotopic (exact) mass is 233 g/mol. The Labute approximate surface area is 102 Å². The lowest BCUT2D eigenvalue weighted by Gasteiger charge is -2.40. The van der Waals surface area contributed by atoms with Crippen LogP contribution in [0.3, 0.4) is 0 Å². The lowest BCUT2D eigenvalue weighted by molar-refractivity contribution is -0.125. The summed E-state index contributed by atoms with van der Waals surface area (Å²) in [5.74, 6) is -0.243. The number of carbonyl (C=O) groups is 1. The van der Waals surface area contributed by atoms with Crippen LogP contribution in [0.2, 0.25) is 0 Å². The van der Waals surface area contributed by atoms with E-state index in [0.29, 0.717) is 0 Å². The van der Waals surface area contributed by atoms with Gasteiger partial charge in [0.1, 0.15) is 5.54 Å². The standard InChI is InChI=1S/C13H19N3O/c1-15-13(12(14)17)7-9-16(10-8-13)11-5-3-2-4-6-11/h2-6,15H,7-10H2,1H3,(H2,14,17). The molecule has 1 aromatic carbocycles. The molecule has 0 aromatic heterocycles. The predicted octanol–water partition coefficient (Wildman–Crippen LogP) is 0.730. The van der Waals surface area contributed by atoms with Crippen LogP contribution in [0.15, 0.2) is 30.3 Å². The maximum Gasteiger partial charge on any atom is 0.237 e. The van der Waals surface area contributed by atoms with Crippen LogP contribution in [0.25, 0.3) is 0 Å². The van der Waals surface area contributed by atoms with Crippen molar-refractivity contribution in [2.24, 2.45) is 5.73 Å². The van der Waals surface area contributed by atoms with Crippen LogP contribution in [-0.4, -0.2) is 31.6 Å². The Bertz CT molecular complexity index is 383. The van der Waals surface area contributed by atoms with E-state index in [1.807, 2.05) is 25.2 Å². The Balaban J connectivity index is 2.05. The van der Waals surface area contributed by atoms with E-state index < -0.39 is 5.54 Å². The number of nitrogens with one attached hydrogen (secondary N) is 1. The first-order chi connectivity index (χ1) is 8.18. The molecule has 1 aliphatic heterocycles. The van der Waals surface area contributed by atoms with Crippen LogP contribution < -0.4 is 16.0 Å². The van der Waals surface area contributed by atoms with Crippen LogP contribution in [0, 0.1) is 0 Å². The topological polar surface area (TPSA) is 58.4 Å². The van der Waals surface area contributed by atoms with Gasteiger partial charge in [-0.2, -0.15) is 0 Å². The highest BCUT2D eigenvalue weighted by Crippen LogP contribution is 2.25. The normalized spacial score (nSPS) is 19.0. The third-order valence-corrected chi connectivity index (χ3v) is 3.69. The van der Waals surface area contributed by atoms with Gasteiger partial charge in [-0.15, -0.1) is 0 Å². The largest absolute Gasteiger partial charge is 0.371 e. The molecule has 3 N–H and O–H groups in total. The summed E-state index contributed by atoms with van der Waals surface area (Å²) in [6.45, 7) is 1.71. The summed E-state index contributed by atoms with van der Waals surface area (Å²) >= 11 is 0. The van der Waals surface area contributed by atoms with Crippen LogP contribution in [-0.2, 0) is 4.79 Å². The molecular weight excluding hydrogens is 214 g/mol. The summed E-state index contributed by atoms with van der Waals surface area (Å²) in [6, 6.07) is 10.3. The van der Waals surface area contributed by atoms with Gasteiger partial charge in [0.2, 0.25) is 5.91 Å². The van der Waals surface area contributed by atoms with Crippen LogP contribution >= 0.6 is 0 Å². The summed E-state index contributed by atoms with van der Waals surface area (Å²) in [5, 5.41) is 3.09. The summed E-state index contributed by atoms with van der Waals surface area (Å²) in [5.41, 5.74) is 6.16. The number of benzene rings is 1. The number of carbonyl (C=O) groups excluding carboxylic acids is 1. The van der Waals surface area contributed by atoms with Crippen molar-refractivity contribution in [2.75, 3.05) is 25.0 Å². The summed E-state index contributed by atoms with van der Waals surface area (Å²) in [7, 11) is 1.81. The molecule has 1 saturated heterocycles. The number of piperidine rings is 1. The third-order valence-electron chi connectivity index (χ3n) is 3.69. The van der Waals surface area contributed by atoms with Crippen molar-refractivity contribution in [3.05, 3.63) is 30.3 Å². The van der Waals surface area contributed by atoms with E-state index >= 15 is 0 Å². The van der Waals surface area contributed by atoms with E-state index in [0.717, 1.165) is 25.9 Å². The molecule has 92 valence electrons. The summed E-state index contributed by atoms with van der Waals surface area (Å²) in [6.07, 6.45) is 1.52. The number of hydrogen-bond donors (Lipinski definition) is 2. The second-order valence-corrected chi connectivity index (χ2v) is 4.52. The van der Waals surface area contributed by atoms with Gasteiger partial charge in [-0.3, -0.25) is 4.79 Å².